The van der Waals surface area contributed by atoms with Gasteiger partial charge in [0.1, 0.15) is 0 Å². The van der Waals surface area contributed by atoms with Gasteiger partial charge in [-0.05, 0) is 31.7 Å². The van der Waals surface area contributed by atoms with E-state index in [1.165, 1.54) is 31.7 Å². The molecule has 3 heteroatoms. The number of benzene rings is 1. The van der Waals surface area contributed by atoms with Gasteiger partial charge < -0.3 is 10.4 Å². The van der Waals surface area contributed by atoms with Crippen LogP contribution in [0.2, 0.25) is 0 Å². The van der Waals surface area contributed by atoms with Crippen molar-refractivity contribution in [3.63, 3.8) is 0 Å². The molecule has 2 N–H and O–H groups in total. The highest BCUT2D eigenvalue weighted by Crippen LogP contribution is 2.28. The summed E-state index contributed by atoms with van der Waals surface area (Å²) in [6.45, 7) is 2.70. The van der Waals surface area contributed by atoms with E-state index in [2.05, 4.69) is 12.2 Å². The molecule has 0 bridgehead atoms. The van der Waals surface area contributed by atoms with Crippen LogP contribution in [-0.2, 0) is 6.54 Å². The number of aromatic hydroxyl groups is 1. The lowest BCUT2D eigenvalue weighted by atomic mass is 9.99. The first-order chi connectivity index (χ1) is 8.18. The maximum Gasteiger partial charge on any atom is 0.165 e. The highest BCUT2D eigenvalue weighted by atomic mass is 19.1. The van der Waals surface area contributed by atoms with Crippen LogP contribution in [0.15, 0.2) is 18.2 Å². The van der Waals surface area contributed by atoms with Gasteiger partial charge in [-0.3, -0.25) is 0 Å². The van der Waals surface area contributed by atoms with Crippen LogP contribution in [0.25, 0.3) is 0 Å². The Bertz CT molecular complexity index is 374. The molecule has 1 fully saturated rings. The van der Waals surface area contributed by atoms with Gasteiger partial charge in [-0.25, -0.2) is 4.39 Å². The molecule has 0 aromatic heterocycles. The van der Waals surface area contributed by atoms with Gasteiger partial charge in [0.2, 0.25) is 0 Å². The molecular weight excluding hydrogens is 217 g/mol. The second kappa shape index (κ2) is 5.50. The largest absolute Gasteiger partial charge is 0.505 e. The highest BCUT2D eigenvalue weighted by Gasteiger charge is 2.21. The Morgan fingerprint density at radius 1 is 1.41 bits per heavy atom. The SMILES string of the molecule is CC(NCc1cccc(F)c1O)C1CCCC1. The van der Waals surface area contributed by atoms with E-state index in [0.29, 0.717) is 18.2 Å². The van der Waals surface area contributed by atoms with Crippen LogP contribution >= 0.6 is 0 Å². The number of para-hydroxylation sites is 1. The zero-order chi connectivity index (χ0) is 12.3. The molecule has 94 valence electrons. The molecule has 0 radical (unpaired) electrons. The average molecular weight is 237 g/mol. The van der Waals surface area contributed by atoms with Crippen LogP contribution in [0.4, 0.5) is 4.39 Å². The van der Waals surface area contributed by atoms with E-state index >= 15 is 0 Å². The molecule has 0 spiro atoms. The van der Waals surface area contributed by atoms with Crippen molar-refractivity contribution in [1.29, 1.82) is 0 Å². The molecule has 1 aliphatic rings. The smallest absolute Gasteiger partial charge is 0.165 e. The minimum atomic E-state index is -0.544. The van der Waals surface area contributed by atoms with Crippen molar-refractivity contribution >= 4 is 0 Å². The summed E-state index contributed by atoms with van der Waals surface area (Å²) >= 11 is 0. The van der Waals surface area contributed by atoms with Crippen molar-refractivity contribution in [2.45, 2.75) is 45.2 Å². The molecule has 0 saturated heterocycles. The summed E-state index contributed by atoms with van der Waals surface area (Å²) in [7, 11) is 0. The Morgan fingerprint density at radius 2 is 2.12 bits per heavy atom. The van der Waals surface area contributed by atoms with Gasteiger partial charge in [-0.15, -0.1) is 0 Å². The first kappa shape index (κ1) is 12.4. The zero-order valence-electron chi connectivity index (χ0n) is 10.2. The molecule has 17 heavy (non-hydrogen) atoms. The van der Waals surface area contributed by atoms with Gasteiger partial charge in [0.25, 0.3) is 0 Å². The predicted octanol–water partition coefficient (Wildman–Crippen LogP) is 3.20. The maximum absolute atomic E-state index is 13.1. The summed E-state index contributed by atoms with van der Waals surface area (Å²) in [4.78, 5) is 0. The maximum atomic E-state index is 13.1. The Kier molecular flexibility index (Phi) is 4.00. The van der Waals surface area contributed by atoms with Gasteiger partial charge >= 0.3 is 0 Å². The van der Waals surface area contributed by atoms with Crippen molar-refractivity contribution in [1.82, 2.24) is 5.32 Å². The molecule has 1 unspecified atom stereocenters. The molecule has 2 rings (SSSR count). The molecule has 0 amide bonds. The van der Waals surface area contributed by atoms with Crippen molar-refractivity contribution in [3.8, 4) is 5.75 Å². The van der Waals surface area contributed by atoms with E-state index in [9.17, 15) is 9.50 Å². The van der Waals surface area contributed by atoms with Gasteiger partial charge in [0.15, 0.2) is 11.6 Å². The molecule has 1 atom stereocenters. The molecular formula is C14H20FNO. The molecule has 1 aliphatic carbocycles. The molecule has 1 aromatic rings. The van der Waals surface area contributed by atoms with E-state index in [-0.39, 0.29) is 5.75 Å². The fourth-order valence-corrected chi connectivity index (χ4v) is 2.60. The summed E-state index contributed by atoms with van der Waals surface area (Å²) in [5.41, 5.74) is 0.634. The van der Waals surface area contributed by atoms with Crippen LogP contribution in [-0.4, -0.2) is 11.1 Å². The molecule has 0 aliphatic heterocycles. The van der Waals surface area contributed by atoms with Crippen LogP contribution in [0.5, 0.6) is 5.75 Å². The third-order valence-electron chi connectivity index (χ3n) is 3.79. The van der Waals surface area contributed by atoms with Crippen molar-refractivity contribution in [3.05, 3.63) is 29.6 Å². The van der Waals surface area contributed by atoms with Crippen molar-refractivity contribution < 1.29 is 9.50 Å². The Morgan fingerprint density at radius 3 is 2.82 bits per heavy atom. The quantitative estimate of drug-likeness (QED) is 0.842. The second-order valence-electron chi connectivity index (χ2n) is 4.96. The summed E-state index contributed by atoms with van der Waals surface area (Å²) in [6, 6.07) is 5.10. The summed E-state index contributed by atoms with van der Waals surface area (Å²) in [6.07, 6.45) is 5.20. The Labute approximate surface area is 102 Å². The predicted molar refractivity (Wildman–Crippen MR) is 66.3 cm³/mol. The van der Waals surface area contributed by atoms with Gasteiger partial charge in [0.05, 0.1) is 0 Å². The van der Waals surface area contributed by atoms with Crippen LogP contribution in [0, 0.1) is 11.7 Å². The van der Waals surface area contributed by atoms with Gasteiger partial charge in [0, 0.05) is 18.2 Å². The van der Waals surface area contributed by atoms with Gasteiger partial charge in [-0.1, -0.05) is 25.0 Å². The van der Waals surface area contributed by atoms with Crippen molar-refractivity contribution in [2.75, 3.05) is 0 Å². The highest BCUT2D eigenvalue weighted by molar-refractivity contribution is 5.33. The second-order valence-corrected chi connectivity index (χ2v) is 4.96. The summed E-state index contributed by atoms with van der Waals surface area (Å²) in [5.74, 6) is -0.0397. The minimum absolute atomic E-state index is 0.223. The molecule has 1 saturated carbocycles. The minimum Gasteiger partial charge on any atom is -0.505 e. The Balaban J connectivity index is 1.90. The lowest BCUT2D eigenvalue weighted by Crippen LogP contribution is -2.31. The summed E-state index contributed by atoms with van der Waals surface area (Å²) in [5, 5.41) is 12.9. The lowest BCUT2D eigenvalue weighted by molar-refractivity contribution is 0.372. The fourth-order valence-electron chi connectivity index (χ4n) is 2.60. The van der Waals surface area contributed by atoms with E-state index in [1.54, 1.807) is 12.1 Å². The topological polar surface area (TPSA) is 32.3 Å². The van der Waals surface area contributed by atoms with E-state index in [4.69, 9.17) is 0 Å². The normalized spacial score (nSPS) is 18.5. The zero-order valence-corrected chi connectivity index (χ0v) is 10.2. The number of nitrogens with one attached hydrogen (secondary N) is 1. The third-order valence-corrected chi connectivity index (χ3v) is 3.79. The average Bonchev–Trinajstić information content (AvgIpc) is 2.84. The number of phenolic OH excluding ortho intramolecular Hbond substituents is 1. The number of hydrogen-bond acceptors (Lipinski definition) is 2. The lowest BCUT2D eigenvalue weighted by Gasteiger charge is -2.20. The number of rotatable bonds is 4. The number of halogens is 1. The first-order valence-corrected chi connectivity index (χ1v) is 6.38. The van der Waals surface area contributed by atoms with E-state index in [0.717, 1.165) is 5.92 Å². The first-order valence-electron chi connectivity index (χ1n) is 6.38. The fraction of sp³-hybridized carbons (Fsp3) is 0.571. The van der Waals surface area contributed by atoms with E-state index < -0.39 is 5.82 Å². The van der Waals surface area contributed by atoms with Crippen molar-refractivity contribution in [2.24, 2.45) is 5.92 Å². The molecule has 0 heterocycles. The van der Waals surface area contributed by atoms with Gasteiger partial charge in [-0.2, -0.15) is 0 Å². The Hall–Kier alpha value is -1.09. The molecule has 2 nitrogen and oxygen atoms in total. The standard InChI is InChI=1S/C14H20FNO/c1-10(11-5-2-3-6-11)16-9-12-7-4-8-13(15)14(12)17/h4,7-8,10-11,16-17H,2-3,5-6,9H2,1H3. The monoisotopic (exact) mass is 237 g/mol. The van der Waals surface area contributed by atoms with Crippen LogP contribution < -0.4 is 5.32 Å². The van der Waals surface area contributed by atoms with E-state index in [1.807, 2.05) is 0 Å². The number of hydrogen-bond donors (Lipinski definition) is 2. The van der Waals surface area contributed by atoms with Crippen LogP contribution in [0.3, 0.4) is 0 Å². The number of phenols is 1. The summed E-state index contributed by atoms with van der Waals surface area (Å²) < 4.78 is 13.1. The molecule has 1 aromatic carbocycles. The third kappa shape index (κ3) is 2.97. The van der Waals surface area contributed by atoms with Crippen LogP contribution in [0.1, 0.15) is 38.2 Å².